The summed E-state index contributed by atoms with van der Waals surface area (Å²) in [7, 11) is 1.55. The van der Waals surface area contributed by atoms with E-state index in [1.165, 1.54) is 4.57 Å². The number of benzene rings is 1. The Balaban J connectivity index is 1.65. The van der Waals surface area contributed by atoms with Crippen LogP contribution in [0.5, 0.6) is 5.75 Å². The average molecular weight is 527 g/mol. The summed E-state index contributed by atoms with van der Waals surface area (Å²) in [6.07, 6.45) is -0.891. The molecule has 1 atom stereocenters. The maximum Gasteiger partial charge on any atom is 0.329 e. The zero-order valence-electron chi connectivity index (χ0n) is 16.4. The van der Waals surface area contributed by atoms with Crippen molar-refractivity contribution in [3.8, 4) is 5.75 Å². The Morgan fingerprint density at radius 2 is 1.97 bits per heavy atom. The third kappa shape index (κ3) is 4.23. The highest BCUT2D eigenvalue weighted by Gasteiger charge is 2.24. The molecule has 1 aliphatic rings. The number of nitrogens with one attached hydrogen (secondary N) is 1. The lowest BCUT2D eigenvalue weighted by molar-refractivity contribution is 0.0927. The van der Waals surface area contributed by atoms with E-state index in [4.69, 9.17) is 9.47 Å². The van der Waals surface area contributed by atoms with Crippen molar-refractivity contribution in [2.75, 3.05) is 37.8 Å². The van der Waals surface area contributed by atoms with Gasteiger partial charge in [-0.25, -0.2) is 4.79 Å². The van der Waals surface area contributed by atoms with Crippen molar-refractivity contribution in [2.24, 2.45) is 7.05 Å². The Morgan fingerprint density at radius 3 is 2.67 bits per heavy atom. The number of anilines is 1. The van der Waals surface area contributed by atoms with Crippen molar-refractivity contribution in [1.29, 1.82) is 0 Å². The molecule has 3 heterocycles. The van der Waals surface area contributed by atoms with E-state index >= 15 is 0 Å². The zero-order chi connectivity index (χ0) is 21.3. The van der Waals surface area contributed by atoms with Crippen LogP contribution in [0.4, 0.5) is 5.95 Å². The van der Waals surface area contributed by atoms with Crippen molar-refractivity contribution in [2.45, 2.75) is 12.6 Å². The molecule has 1 saturated heterocycles. The molecular formula is C19H22IN5O5. The molecule has 1 aliphatic heterocycles. The summed E-state index contributed by atoms with van der Waals surface area (Å²) in [6, 6.07) is 7.51. The Kier molecular flexibility index (Phi) is 6.11. The third-order valence-electron chi connectivity index (χ3n) is 4.93. The first kappa shape index (κ1) is 20.9. The zero-order valence-corrected chi connectivity index (χ0v) is 18.5. The van der Waals surface area contributed by atoms with Gasteiger partial charge in [0.15, 0.2) is 11.2 Å². The van der Waals surface area contributed by atoms with Crippen LogP contribution >= 0.6 is 22.6 Å². The van der Waals surface area contributed by atoms with Crippen molar-refractivity contribution in [3.63, 3.8) is 0 Å². The van der Waals surface area contributed by atoms with Gasteiger partial charge in [-0.3, -0.25) is 14.3 Å². The Bertz CT molecular complexity index is 1150. The number of morpholine rings is 1. The highest BCUT2D eigenvalue weighted by molar-refractivity contribution is 14.1. The van der Waals surface area contributed by atoms with Crippen LogP contribution in [0.2, 0.25) is 0 Å². The molecule has 10 nitrogen and oxygen atoms in total. The van der Waals surface area contributed by atoms with Gasteiger partial charge in [0, 0.05) is 23.7 Å². The molecule has 0 bridgehead atoms. The number of rotatable bonds is 6. The number of nitrogens with zero attached hydrogens (tertiary/aromatic N) is 4. The highest BCUT2D eigenvalue weighted by Crippen LogP contribution is 2.21. The number of aromatic nitrogens is 4. The highest BCUT2D eigenvalue weighted by atomic mass is 127. The standard InChI is InChI=1S/C19H22IN5O5/c1-23-16-15(17(27)22-19(23)28)25(18(21-16)24-6-8-29-9-7-24)10-13(26)11-30-14-4-2-12(20)3-5-14/h2-5,13,26H,6-11H2,1H3,(H,22,27,28). The predicted octanol–water partition coefficient (Wildman–Crippen LogP) is 0.304. The lowest BCUT2D eigenvalue weighted by Gasteiger charge is -2.28. The second kappa shape index (κ2) is 8.78. The number of halogens is 1. The molecule has 0 aliphatic carbocycles. The molecule has 0 radical (unpaired) electrons. The number of ether oxygens (including phenoxy) is 2. The number of hydrogen-bond acceptors (Lipinski definition) is 7. The number of hydrogen-bond donors (Lipinski definition) is 2. The van der Waals surface area contributed by atoms with Crippen LogP contribution in [0.15, 0.2) is 33.9 Å². The predicted molar refractivity (Wildman–Crippen MR) is 119 cm³/mol. The van der Waals surface area contributed by atoms with E-state index in [-0.39, 0.29) is 24.3 Å². The smallest absolute Gasteiger partial charge is 0.329 e. The maximum absolute atomic E-state index is 12.6. The lowest BCUT2D eigenvalue weighted by Crippen LogP contribution is -2.39. The van der Waals surface area contributed by atoms with Gasteiger partial charge in [0.1, 0.15) is 18.5 Å². The van der Waals surface area contributed by atoms with Gasteiger partial charge in [0.05, 0.1) is 19.8 Å². The molecule has 2 N–H and O–H groups in total. The first-order valence-corrected chi connectivity index (χ1v) is 10.6. The summed E-state index contributed by atoms with van der Waals surface area (Å²) in [5.74, 6) is 1.17. The van der Waals surface area contributed by atoms with Crippen LogP contribution in [0.3, 0.4) is 0 Å². The normalized spacial score (nSPS) is 15.5. The molecule has 0 amide bonds. The quantitative estimate of drug-likeness (QED) is 0.444. The van der Waals surface area contributed by atoms with Crippen LogP contribution in [0, 0.1) is 3.57 Å². The summed E-state index contributed by atoms with van der Waals surface area (Å²) >= 11 is 2.21. The molecule has 4 rings (SSSR count). The Labute approximate surface area is 185 Å². The minimum Gasteiger partial charge on any atom is -0.491 e. The van der Waals surface area contributed by atoms with Crippen LogP contribution in [-0.4, -0.2) is 63.2 Å². The van der Waals surface area contributed by atoms with E-state index in [1.54, 1.807) is 11.6 Å². The molecule has 2 aromatic heterocycles. The van der Waals surface area contributed by atoms with E-state index in [0.29, 0.717) is 38.0 Å². The molecule has 0 saturated carbocycles. The minimum absolute atomic E-state index is 0.0481. The van der Waals surface area contributed by atoms with Crippen molar-refractivity contribution < 1.29 is 14.6 Å². The lowest BCUT2D eigenvalue weighted by atomic mass is 10.3. The molecule has 1 aromatic carbocycles. The summed E-state index contributed by atoms with van der Waals surface area (Å²) < 4.78 is 15.1. The first-order valence-electron chi connectivity index (χ1n) is 9.52. The van der Waals surface area contributed by atoms with Gasteiger partial charge < -0.3 is 24.0 Å². The fourth-order valence-electron chi connectivity index (χ4n) is 3.39. The van der Waals surface area contributed by atoms with Gasteiger partial charge in [-0.15, -0.1) is 0 Å². The second-order valence-corrected chi connectivity index (χ2v) is 8.28. The summed E-state index contributed by atoms with van der Waals surface area (Å²) in [5.41, 5.74) is -0.554. The molecule has 3 aromatic rings. The number of imidazole rings is 1. The minimum atomic E-state index is -0.891. The third-order valence-corrected chi connectivity index (χ3v) is 5.65. The summed E-state index contributed by atoms with van der Waals surface area (Å²) in [5, 5.41) is 10.6. The average Bonchev–Trinajstić information content (AvgIpc) is 3.12. The number of H-pyrrole nitrogens is 1. The molecule has 1 fully saturated rings. The van der Waals surface area contributed by atoms with E-state index in [0.717, 1.165) is 3.57 Å². The molecule has 11 heteroatoms. The van der Waals surface area contributed by atoms with Gasteiger partial charge in [0.2, 0.25) is 5.95 Å². The summed E-state index contributed by atoms with van der Waals surface area (Å²) in [6.45, 7) is 2.42. The molecule has 30 heavy (non-hydrogen) atoms. The largest absolute Gasteiger partial charge is 0.491 e. The van der Waals surface area contributed by atoms with Crippen molar-refractivity contribution in [3.05, 3.63) is 48.7 Å². The SMILES string of the molecule is Cn1c(=O)[nH]c(=O)c2c1nc(N1CCOCC1)n2CC(O)COc1ccc(I)cc1. The van der Waals surface area contributed by atoms with E-state index in [2.05, 4.69) is 32.6 Å². The van der Waals surface area contributed by atoms with Crippen LogP contribution in [-0.2, 0) is 18.3 Å². The number of aliphatic hydroxyl groups is 1. The molecule has 160 valence electrons. The second-order valence-electron chi connectivity index (χ2n) is 7.03. The number of aryl methyl sites for hydroxylation is 1. The molecule has 0 spiro atoms. The Morgan fingerprint density at radius 1 is 1.27 bits per heavy atom. The van der Waals surface area contributed by atoms with Crippen molar-refractivity contribution >= 4 is 39.7 Å². The van der Waals surface area contributed by atoms with Gasteiger partial charge >= 0.3 is 5.69 Å². The monoisotopic (exact) mass is 527 g/mol. The molecular weight excluding hydrogens is 505 g/mol. The maximum atomic E-state index is 12.6. The van der Waals surface area contributed by atoms with E-state index in [1.807, 2.05) is 29.2 Å². The topological polar surface area (TPSA) is 115 Å². The Hall–Kier alpha value is -2.38. The number of aromatic amines is 1. The van der Waals surface area contributed by atoms with Gasteiger partial charge in [-0.1, -0.05) is 0 Å². The fourth-order valence-corrected chi connectivity index (χ4v) is 3.75. The first-order chi connectivity index (χ1) is 14.4. The molecule has 1 unspecified atom stereocenters. The fraction of sp³-hybridized carbons (Fsp3) is 0.421. The van der Waals surface area contributed by atoms with Gasteiger partial charge in [0.25, 0.3) is 5.56 Å². The van der Waals surface area contributed by atoms with E-state index in [9.17, 15) is 14.7 Å². The van der Waals surface area contributed by atoms with Gasteiger partial charge in [-0.05, 0) is 46.9 Å². The van der Waals surface area contributed by atoms with Gasteiger partial charge in [-0.2, -0.15) is 4.98 Å². The van der Waals surface area contributed by atoms with Crippen LogP contribution in [0.25, 0.3) is 11.2 Å². The van der Waals surface area contributed by atoms with Crippen LogP contribution in [0.1, 0.15) is 0 Å². The van der Waals surface area contributed by atoms with E-state index < -0.39 is 17.4 Å². The van der Waals surface area contributed by atoms with Crippen LogP contribution < -0.4 is 20.9 Å². The summed E-state index contributed by atoms with van der Waals surface area (Å²) in [4.78, 5) is 33.4. The van der Waals surface area contributed by atoms with Crippen molar-refractivity contribution in [1.82, 2.24) is 19.1 Å². The number of fused-ring (bicyclic) bond motifs is 1. The number of aliphatic hydroxyl groups excluding tert-OH is 1.